The fourth-order valence-electron chi connectivity index (χ4n) is 2.45. The van der Waals surface area contributed by atoms with E-state index in [-0.39, 0.29) is 6.04 Å². The second-order valence-corrected chi connectivity index (χ2v) is 5.30. The van der Waals surface area contributed by atoms with Gasteiger partial charge in [0.15, 0.2) is 0 Å². The van der Waals surface area contributed by atoms with Gasteiger partial charge in [-0.1, -0.05) is 38.1 Å². The van der Waals surface area contributed by atoms with E-state index >= 15 is 0 Å². The van der Waals surface area contributed by atoms with E-state index in [1.54, 1.807) is 0 Å². The van der Waals surface area contributed by atoms with Crippen LogP contribution in [0, 0.1) is 5.92 Å². The van der Waals surface area contributed by atoms with E-state index in [1.165, 1.54) is 11.1 Å². The molecule has 1 aromatic carbocycles. The molecule has 1 unspecified atom stereocenters. The second-order valence-electron chi connectivity index (χ2n) is 5.30. The van der Waals surface area contributed by atoms with E-state index in [2.05, 4.69) is 38.1 Å². The summed E-state index contributed by atoms with van der Waals surface area (Å²) in [5.74, 6) is 1.16. The monoisotopic (exact) mass is 233 g/mol. The van der Waals surface area contributed by atoms with Gasteiger partial charge in [-0.2, -0.15) is 0 Å². The Morgan fingerprint density at radius 2 is 1.59 bits per heavy atom. The van der Waals surface area contributed by atoms with E-state index in [0.29, 0.717) is 11.8 Å². The molecule has 17 heavy (non-hydrogen) atoms. The van der Waals surface area contributed by atoms with E-state index in [4.69, 9.17) is 10.5 Å². The van der Waals surface area contributed by atoms with Gasteiger partial charge in [0.25, 0.3) is 0 Å². The summed E-state index contributed by atoms with van der Waals surface area (Å²) in [6, 6.07) is 8.96. The van der Waals surface area contributed by atoms with Crippen molar-refractivity contribution in [2.24, 2.45) is 11.7 Å². The van der Waals surface area contributed by atoms with Gasteiger partial charge < -0.3 is 10.5 Å². The lowest BCUT2D eigenvalue weighted by Crippen LogP contribution is -2.27. The minimum atomic E-state index is 0.167. The van der Waals surface area contributed by atoms with Crippen molar-refractivity contribution in [1.29, 1.82) is 0 Å². The zero-order valence-corrected chi connectivity index (χ0v) is 10.9. The van der Waals surface area contributed by atoms with Crippen LogP contribution in [0.3, 0.4) is 0 Å². The minimum Gasteiger partial charge on any atom is -0.381 e. The molecule has 0 aromatic heterocycles. The standard InChI is InChI=1S/C15H23NO/c1-11(2)12-3-5-13(6-4-12)15(16)14-7-9-17-10-8-14/h3-6,11,14-15H,7-10,16H2,1-2H3. The van der Waals surface area contributed by atoms with Crippen LogP contribution in [0.2, 0.25) is 0 Å². The smallest absolute Gasteiger partial charge is 0.0469 e. The van der Waals surface area contributed by atoms with Gasteiger partial charge in [0.05, 0.1) is 0 Å². The lowest BCUT2D eigenvalue weighted by Gasteiger charge is -2.28. The highest BCUT2D eigenvalue weighted by molar-refractivity contribution is 5.27. The van der Waals surface area contributed by atoms with Gasteiger partial charge >= 0.3 is 0 Å². The van der Waals surface area contributed by atoms with Crippen molar-refractivity contribution in [3.8, 4) is 0 Å². The molecule has 1 saturated heterocycles. The highest BCUT2D eigenvalue weighted by Crippen LogP contribution is 2.28. The highest BCUT2D eigenvalue weighted by atomic mass is 16.5. The maximum Gasteiger partial charge on any atom is 0.0469 e. The number of benzene rings is 1. The van der Waals surface area contributed by atoms with Gasteiger partial charge in [-0.15, -0.1) is 0 Å². The predicted octanol–water partition coefficient (Wildman–Crippen LogP) is 3.24. The van der Waals surface area contributed by atoms with Gasteiger partial charge in [0.2, 0.25) is 0 Å². The van der Waals surface area contributed by atoms with Crippen LogP contribution in [-0.4, -0.2) is 13.2 Å². The molecule has 2 heteroatoms. The summed E-state index contributed by atoms with van der Waals surface area (Å²) < 4.78 is 5.38. The highest BCUT2D eigenvalue weighted by Gasteiger charge is 2.22. The molecular formula is C15H23NO. The fraction of sp³-hybridized carbons (Fsp3) is 0.600. The van der Waals surface area contributed by atoms with Crippen molar-refractivity contribution in [2.75, 3.05) is 13.2 Å². The molecule has 2 nitrogen and oxygen atoms in total. The average Bonchev–Trinajstić information content (AvgIpc) is 2.39. The van der Waals surface area contributed by atoms with Gasteiger partial charge in [0, 0.05) is 19.3 Å². The second kappa shape index (κ2) is 5.65. The van der Waals surface area contributed by atoms with Crippen LogP contribution in [0.5, 0.6) is 0 Å². The van der Waals surface area contributed by atoms with Gasteiger partial charge in [-0.05, 0) is 35.8 Å². The molecule has 1 heterocycles. The van der Waals surface area contributed by atoms with Gasteiger partial charge in [-0.3, -0.25) is 0 Å². The molecule has 1 aliphatic rings. The van der Waals surface area contributed by atoms with Crippen molar-refractivity contribution in [1.82, 2.24) is 0 Å². The van der Waals surface area contributed by atoms with Crippen molar-refractivity contribution in [3.63, 3.8) is 0 Å². The summed E-state index contributed by atoms with van der Waals surface area (Å²) in [7, 11) is 0. The van der Waals surface area contributed by atoms with Crippen molar-refractivity contribution < 1.29 is 4.74 Å². The quantitative estimate of drug-likeness (QED) is 0.870. The molecule has 0 aliphatic carbocycles. The zero-order valence-electron chi connectivity index (χ0n) is 10.9. The number of hydrogen-bond acceptors (Lipinski definition) is 2. The summed E-state index contributed by atoms with van der Waals surface area (Å²) in [5, 5.41) is 0. The lowest BCUT2D eigenvalue weighted by atomic mass is 9.87. The molecular weight excluding hydrogens is 210 g/mol. The molecule has 0 amide bonds. The van der Waals surface area contributed by atoms with Gasteiger partial charge in [0.1, 0.15) is 0 Å². The molecule has 0 bridgehead atoms. The number of rotatable bonds is 3. The summed E-state index contributed by atoms with van der Waals surface area (Å²) in [5.41, 5.74) is 8.99. The van der Waals surface area contributed by atoms with Crippen LogP contribution in [0.4, 0.5) is 0 Å². The number of ether oxygens (including phenoxy) is 1. The Morgan fingerprint density at radius 1 is 1.06 bits per heavy atom. The van der Waals surface area contributed by atoms with Crippen LogP contribution in [0.25, 0.3) is 0 Å². The molecule has 0 radical (unpaired) electrons. The SMILES string of the molecule is CC(C)c1ccc(C(N)C2CCOCC2)cc1. The van der Waals surface area contributed by atoms with Crippen LogP contribution in [0.15, 0.2) is 24.3 Å². The Bertz CT molecular complexity index is 338. The molecule has 2 N–H and O–H groups in total. The summed E-state index contributed by atoms with van der Waals surface area (Å²) in [4.78, 5) is 0. The Morgan fingerprint density at radius 3 is 2.12 bits per heavy atom. The number of nitrogens with two attached hydrogens (primary N) is 1. The van der Waals surface area contributed by atoms with Crippen molar-refractivity contribution in [3.05, 3.63) is 35.4 Å². The third kappa shape index (κ3) is 3.08. The van der Waals surface area contributed by atoms with Gasteiger partial charge in [-0.25, -0.2) is 0 Å². The van der Waals surface area contributed by atoms with E-state index in [0.717, 1.165) is 26.1 Å². The topological polar surface area (TPSA) is 35.2 Å². The first-order valence-corrected chi connectivity index (χ1v) is 6.61. The molecule has 94 valence electrons. The first-order valence-electron chi connectivity index (χ1n) is 6.61. The minimum absolute atomic E-state index is 0.167. The first kappa shape index (κ1) is 12.6. The first-order chi connectivity index (χ1) is 8.18. The third-order valence-corrected chi connectivity index (χ3v) is 3.76. The van der Waals surface area contributed by atoms with Crippen LogP contribution in [0.1, 0.15) is 49.8 Å². The Labute approximate surface area is 104 Å². The van der Waals surface area contributed by atoms with E-state index < -0.39 is 0 Å². The van der Waals surface area contributed by atoms with Crippen LogP contribution in [-0.2, 0) is 4.74 Å². The van der Waals surface area contributed by atoms with E-state index in [1.807, 2.05) is 0 Å². The summed E-state index contributed by atoms with van der Waals surface area (Å²) >= 11 is 0. The third-order valence-electron chi connectivity index (χ3n) is 3.76. The molecule has 1 atom stereocenters. The molecule has 0 spiro atoms. The average molecular weight is 233 g/mol. The van der Waals surface area contributed by atoms with Crippen molar-refractivity contribution >= 4 is 0 Å². The molecule has 1 fully saturated rings. The predicted molar refractivity (Wildman–Crippen MR) is 71.0 cm³/mol. The molecule has 2 rings (SSSR count). The van der Waals surface area contributed by atoms with Crippen molar-refractivity contribution in [2.45, 2.75) is 38.6 Å². The zero-order chi connectivity index (χ0) is 12.3. The maximum atomic E-state index is 6.34. The summed E-state index contributed by atoms with van der Waals surface area (Å²) in [6.45, 7) is 6.16. The fourth-order valence-corrected chi connectivity index (χ4v) is 2.45. The molecule has 1 aliphatic heterocycles. The largest absolute Gasteiger partial charge is 0.381 e. The van der Waals surface area contributed by atoms with E-state index in [9.17, 15) is 0 Å². The lowest BCUT2D eigenvalue weighted by molar-refractivity contribution is 0.0584. The Balaban J connectivity index is 2.05. The van der Waals surface area contributed by atoms with Crippen LogP contribution >= 0.6 is 0 Å². The Kier molecular flexibility index (Phi) is 4.19. The number of hydrogen-bond donors (Lipinski definition) is 1. The Hall–Kier alpha value is -0.860. The summed E-state index contributed by atoms with van der Waals surface area (Å²) in [6.07, 6.45) is 2.18. The maximum absolute atomic E-state index is 6.34. The van der Waals surface area contributed by atoms with Crippen LogP contribution < -0.4 is 5.73 Å². The molecule has 1 aromatic rings. The molecule has 0 saturated carbocycles. The normalized spacial score (nSPS) is 19.5.